The van der Waals surface area contributed by atoms with Crippen molar-refractivity contribution in [1.82, 2.24) is 20.3 Å². The highest BCUT2D eigenvalue weighted by Gasteiger charge is 2.16. The highest BCUT2D eigenvalue weighted by Crippen LogP contribution is 2.27. The van der Waals surface area contributed by atoms with Crippen molar-refractivity contribution in [3.63, 3.8) is 0 Å². The Labute approximate surface area is 164 Å². The molecule has 4 aromatic rings. The van der Waals surface area contributed by atoms with E-state index in [0.29, 0.717) is 18.5 Å². The second-order valence-electron chi connectivity index (χ2n) is 8.08. The van der Waals surface area contributed by atoms with Crippen LogP contribution in [0.15, 0.2) is 54.9 Å². The molecule has 1 amide bonds. The molecule has 0 aliphatic rings. The third-order valence-electron chi connectivity index (χ3n) is 4.96. The number of rotatable bonds is 4. The van der Waals surface area contributed by atoms with Gasteiger partial charge < -0.3 is 10.3 Å². The summed E-state index contributed by atoms with van der Waals surface area (Å²) < 4.78 is 0. The van der Waals surface area contributed by atoms with Crippen LogP contribution in [0, 0.1) is 0 Å². The monoisotopic (exact) mass is 372 g/mol. The number of nitrogens with one attached hydrogen (secondary N) is 2. The van der Waals surface area contributed by atoms with Gasteiger partial charge in [-0.25, -0.2) is 4.98 Å². The molecule has 0 atom stereocenters. The average Bonchev–Trinajstić information content (AvgIpc) is 3.09. The predicted octanol–water partition coefficient (Wildman–Crippen LogP) is 4.38. The van der Waals surface area contributed by atoms with Crippen LogP contribution in [0.25, 0.3) is 21.8 Å². The molecule has 0 saturated carbocycles. The van der Waals surface area contributed by atoms with Crippen LogP contribution in [-0.2, 0) is 11.8 Å². The third kappa shape index (κ3) is 3.60. The number of carbonyl (C=O) groups excluding carboxylic acids is 1. The second-order valence-corrected chi connectivity index (χ2v) is 8.08. The maximum atomic E-state index is 12.7. The molecule has 0 fully saturated rings. The molecule has 0 bridgehead atoms. The summed E-state index contributed by atoms with van der Waals surface area (Å²) in [6, 6.07) is 14.1. The first-order valence-electron chi connectivity index (χ1n) is 9.52. The van der Waals surface area contributed by atoms with E-state index in [1.807, 2.05) is 36.5 Å². The van der Waals surface area contributed by atoms with Gasteiger partial charge >= 0.3 is 0 Å². The topological polar surface area (TPSA) is 70.7 Å². The zero-order valence-corrected chi connectivity index (χ0v) is 16.4. The zero-order chi connectivity index (χ0) is 19.7. The molecule has 142 valence electrons. The smallest absolute Gasteiger partial charge is 0.253 e. The van der Waals surface area contributed by atoms with Gasteiger partial charge in [0.2, 0.25) is 0 Å². The molecule has 0 saturated heterocycles. The minimum atomic E-state index is -0.113. The Kier molecular flexibility index (Phi) is 4.59. The van der Waals surface area contributed by atoms with Crippen molar-refractivity contribution in [3.8, 4) is 0 Å². The number of carbonyl (C=O) groups is 1. The molecule has 0 aliphatic heterocycles. The number of aromatic amines is 1. The van der Waals surface area contributed by atoms with Gasteiger partial charge in [0.05, 0.1) is 16.6 Å². The lowest BCUT2D eigenvalue weighted by molar-refractivity contribution is 0.0955. The lowest BCUT2D eigenvalue weighted by atomic mass is 9.86. The quantitative estimate of drug-likeness (QED) is 0.558. The van der Waals surface area contributed by atoms with Gasteiger partial charge in [-0.05, 0) is 34.6 Å². The predicted molar refractivity (Wildman–Crippen MR) is 113 cm³/mol. The van der Waals surface area contributed by atoms with Gasteiger partial charge in [0, 0.05) is 30.7 Å². The van der Waals surface area contributed by atoms with Crippen molar-refractivity contribution >= 4 is 27.7 Å². The fourth-order valence-electron chi connectivity index (χ4n) is 3.34. The van der Waals surface area contributed by atoms with E-state index in [1.165, 1.54) is 5.56 Å². The normalized spacial score (nSPS) is 11.8. The average molecular weight is 372 g/mol. The molecule has 5 nitrogen and oxygen atoms in total. The van der Waals surface area contributed by atoms with Gasteiger partial charge in [-0.1, -0.05) is 45.0 Å². The maximum absolute atomic E-state index is 12.7. The molecule has 2 N–H and O–H groups in total. The number of hydrogen-bond acceptors (Lipinski definition) is 3. The van der Waals surface area contributed by atoms with E-state index in [-0.39, 0.29) is 11.3 Å². The highest BCUT2D eigenvalue weighted by atomic mass is 16.1. The summed E-state index contributed by atoms with van der Waals surface area (Å²) in [6.45, 7) is 7.04. The van der Waals surface area contributed by atoms with E-state index in [2.05, 4.69) is 53.2 Å². The summed E-state index contributed by atoms with van der Waals surface area (Å²) in [5.41, 5.74) is 3.83. The maximum Gasteiger partial charge on any atom is 0.253 e. The number of H-pyrrole nitrogens is 1. The van der Waals surface area contributed by atoms with Crippen LogP contribution in [0.3, 0.4) is 0 Å². The minimum Gasteiger partial charge on any atom is -0.352 e. The molecule has 2 aromatic carbocycles. The Bertz CT molecular complexity index is 1120. The summed E-state index contributed by atoms with van der Waals surface area (Å²) in [4.78, 5) is 24.8. The first kappa shape index (κ1) is 18.2. The summed E-state index contributed by atoms with van der Waals surface area (Å²) in [7, 11) is 0. The van der Waals surface area contributed by atoms with Crippen molar-refractivity contribution in [3.05, 3.63) is 71.8 Å². The Morgan fingerprint density at radius 2 is 1.93 bits per heavy atom. The van der Waals surface area contributed by atoms with Crippen molar-refractivity contribution in [2.75, 3.05) is 6.54 Å². The number of fused-ring (bicyclic) bond motifs is 2. The van der Waals surface area contributed by atoms with E-state index in [4.69, 9.17) is 0 Å². The van der Waals surface area contributed by atoms with Gasteiger partial charge in [0.1, 0.15) is 5.82 Å². The van der Waals surface area contributed by atoms with Crippen LogP contribution in [0.1, 0.15) is 42.5 Å². The van der Waals surface area contributed by atoms with Gasteiger partial charge in [-0.3, -0.25) is 9.78 Å². The Hall–Kier alpha value is -3.21. The number of para-hydroxylation sites is 2. The number of aromatic nitrogens is 3. The summed E-state index contributed by atoms with van der Waals surface area (Å²) >= 11 is 0. The van der Waals surface area contributed by atoms with Gasteiger partial charge in [0.15, 0.2) is 0 Å². The first-order chi connectivity index (χ1) is 13.4. The Balaban J connectivity index is 1.49. The van der Waals surface area contributed by atoms with E-state index >= 15 is 0 Å². The third-order valence-corrected chi connectivity index (χ3v) is 4.96. The molecule has 0 aliphatic carbocycles. The van der Waals surface area contributed by atoms with Crippen LogP contribution in [0.5, 0.6) is 0 Å². The van der Waals surface area contributed by atoms with Crippen molar-refractivity contribution in [1.29, 1.82) is 0 Å². The molecule has 28 heavy (non-hydrogen) atoms. The molecule has 0 unspecified atom stereocenters. The van der Waals surface area contributed by atoms with Crippen LogP contribution >= 0.6 is 0 Å². The van der Waals surface area contributed by atoms with Gasteiger partial charge in [-0.2, -0.15) is 0 Å². The molecule has 0 spiro atoms. The Morgan fingerprint density at radius 3 is 2.71 bits per heavy atom. The zero-order valence-electron chi connectivity index (χ0n) is 16.4. The number of nitrogens with zero attached hydrogens (tertiary/aromatic N) is 2. The molecular formula is C23H24N4O. The summed E-state index contributed by atoms with van der Waals surface area (Å²) in [6.07, 6.45) is 4.10. The van der Waals surface area contributed by atoms with Crippen molar-refractivity contribution in [2.24, 2.45) is 0 Å². The molecule has 5 heteroatoms. The summed E-state index contributed by atoms with van der Waals surface area (Å²) in [5, 5.41) is 4.89. The van der Waals surface area contributed by atoms with E-state index in [0.717, 1.165) is 27.6 Å². The molecule has 2 heterocycles. The SMILES string of the molecule is CC(C)(C)c1ccc2c(C(=O)NCCc3nc4ccccc4[nH]3)cncc2c1. The van der Waals surface area contributed by atoms with Gasteiger partial charge in [-0.15, -0.1) is 0 Å². The van der Waals surface area contributed by atoms with Crippen LogP contribution in [-0.4, -0.2) is 27.4 Å². The first-order valence-corrected chi connectivity index (χ1v) is 9.52. The lowest BCUT2D eigenvalue weighted by Crippen LogP contribution is -2.26. The molecule has 0 radical (unpaired) electrons. The van der Waals surface area contributed by atoms with Crippen LogP contribution in [0.2, 0.25) is 0 Å². The minimum absolute atomic E-state index is 0.0546. The number of amides is 1. The standard InChI is InChI=1S/C23H24N4O/c1-23(2,3)16-8-9-17-15(12-16)13-24-14-18(17)22(28)25-11-10-21-26-19-6-4-5-7-20(19)27-21/h4-9,12-14H,10-11H2,1-3H3,(H,25,28)(H,26,27). The van der Waals surface area contributed by atoms with Crippen molar-refractivity contribution in [2.45, 2.75) is 32.6 Å². The lowest BCUT2D eigenvalue weighted by Gasteiger charge is -2.19. The summed E-state index contributed by atoms with van der Waals surface area (Å²) in [5.74, 6) is 0.755. The molecule has 2 aromatic heterocycles. The largest absolute Gasteiger partial charge is 0.352 e. The molecule has 4 rings (SSSR count). The fraction of sp³-hybridized carbons (Fsp3) is 0.261. The molecular weight excluding hydrogens is 348 g/mol. The fourth-order valence-corrected chi connectivity index (χ4v) is 3.34. The van der Waals surface area contributed by atoms with E-state index in [1.54, 1.807) is 6.20 Å². The van der Waals surface area contributed by atoms with Crippen molar-refractivity contribution < 1.29 is 4.79 Å². The number of hydrogen-bond donors (Lipinski definition) is 2. The number of benzene rings is 2. The van der Waals surface area contributed by atoms with Crippen LogP contribution < -0.4 is 5.32 Å². The van der Waals surface area contributed by atoms with E-state index in [9.17, 15) is 4.79 Å². The second kappa shape index (κ2) is 7.08. The highest BCUT2D eigenvalue weighted by molar-refractivity contribution is 6.06. The number of pyridine rings is 1. The number of imidazole rings is 1. The Morgan fingerprint density at radius 1 is 1.11 bits per heavy atom. The van der Waals surface area contributed by atoms with Gasteiger partial charge in [0.25, 0.3) is 5.91 Å². The van der Waals surface area contributed by atoms with E-state index < -0.39 is 0 Å². The van der Waals surface area contributed by atoms with Crippen LogP contribution in [0.4, 0.5) is 0 Å².